The molecule has 1 aromatic carbocycles. The number of halogens is 3. The van der Waals surface area contributed by atoms with Gasteiger partial charge in [0, 0.05) is 31.9 Å². The van der Waals surface area contributed by atoms with E-state index in [1.807, 2.05) is 4.90 Å². The number of hydrogen-bond acceptors (Lipinski definition) is 2. The first-order valence-electron chi connectivity index (χ1n) is 6.56. The molecule has 0 bridgehead atoms. The summed E-state index contributed by atoms with van der Waals surface area (Å²) in [6.45, 7) is 6.70. The van der Waals surface area contributed by atoms with E-state index in [2.05, 4.69) is 5.32 Å². The molecule has 0 amide bonds. The molecule has 1 heterocycles. The Bertz CT molecular complexity index is 435. The molecule has 1 aliphatic heterocycles. The maximum absolute atomic E-state index is 13.1. The first kappa shape index (κ1) is 14.2. The van der Waals surface area contributed by atoms with Crippen molar-refractivity contribution in [3.63, 3.8) is 0 Å². The van der Waals surface area contributed by atoms with E-state index in [1.54, 1.807) is 26.0 Å². The van der Waals surface area contributed by atoms with Gasteiger partial charge in [-0.3, -0.25) is 0 Å². The maximum Gasteiger partial charge on any atom is 0.416 e. The quantitative estimate of drug-likeness (QED) is 0.889. The number of nitrogens with zero attached hydrogens (tertiary/aromatic N) is 1. The average Bonchev–Trinajstić information content (AvgIpc) is 2.38. The number of benzene rings is 1. The van der Waals surface area contributed by atoms with Crippen LogP contribution in [0.5, 0.6) is 0 Å². The lowest BCUT2D eigenvalue weighted by Crippen LogP contribution is -2.43. The fourth-order valence-electron chi connectivity index (χ4n) is 2.41. The van der Waals surface area contributed by atoms with Crippen molar-refractivity contribution in [2.45, 2.75) is 25.9 Å². The molecule has 1 aromatic rings. The zero-order valence-electron chi connectivity index (χ0n) is 11.2. The highest BCUT2D eigenvalue weighted by Gasteiger charge is 2.34. The van der Waals surface area contributed by atoms with E-state index in [1.165, 1.54) is 6.07 Å². The highest BCUT2D eigenvalue weighted by atomic mass is 19.4. The molecule has 0 atom stereocenters. The Morgan fingerprint density at radius 2 is 1.79 bits per heavy atom. The van der Waals surface area contributed by atoms with Crippen molar-refractivity contribution < 1.29 is 13.2 Å². The first-order valence-corrected chi connectivity index (χ1v) is 6.56. The summed E-state index contributed by atoms with van der Waals surface area (Å²) in [4.78, 5) is 2.00. The monoisotopic (exact) mass is 272 g/mol. The molecular weight excluding hydrogens is 253 g/mol. The first-order chi connectivity index (χ1) is 8.89. The molecule has 2 nitrogen and oxygen atoms in total. The molecule has 5 heteroatoms. The fraction of sp³-hybridized carbons (Fsp3) is 0.571. The van der Waals surface area contributed by atoms with Gasteiger partial charge in [0.25, 0.3) is 0 Å². The Labute approximate surface area is 111 Å². The number of piperazine rings is 1. The number of alkyl halides is 3. The summed E-state index contributed by atoms with van der Waals surface area (Å²) in [6.07, 6.45) is -4.29. The molecule has 1 aliphatic rings. The van der Waals surface area contributed by atoms with Crippen LogP contribution in [0.25, 0.3) is 0 Å². The van der Waals surface area contributed by atoms with Crippen LogP contribution in [-0.4, -0.2) is 26.2 Å². The minimum atomic E-state index is -4.29. The third-order valence-corrected chi connectivity index (χ3v) is 3.45. The Balaban J connectivity index is 2.37. The van der Waals surface area contributed by atoms with Crippen LogP contribution in [0.4, 0.5) is 18.9 Å². The number of anilines is 1. The minimum absolute atomic E-state index is 0.131. The largest absolute Gasteiger partial charge is 0.416 e. The second-order valence-corrected chi connectivity index (χ2v) is 5.16. The molecule has 0 spiro atoms. The van der Waals surface area contributed by atoms with Crippen LogP contribution in [0.2, 0.25) is 0 Å². The summed E-state index contributed by atoms with van der Waals surface area (Å²) in [5.41, 5.74) is 0.531. The van der Waals surface area contributed by atoms with Crippen molar-refractivity contribution in [3.05, 3.63) is 29.3 Å². The molecule has 1 fully saturated rings. The van der Waals surface area contributed by atoms with E-state index < -0.39 is 11.7 Å². The molecule has 0 radical (unpaired) electrons. The highest BCUT2D eigenvalue weighted by molar-refractivity contribution is 5.53. The van der Waals surface area contributed by atoms with E-state index in [-0.39, 0.29) is 5.92 Å². The second kappa shape index (κ2) is 5.41. The number of rotatable bonds is 2. The molecule has 19 heavy (non-hydrogen) atoms. The SMILES string of the molecule is CC(C)c1ccc(N2CCNCC2)cc1C(F)(F)F. The third-order valence-electron chi connectivity index (χ3n) is 3.45. The Kier molecular flexibility index (Phi) is 4.04. The van der Waals surface area contributed by atoms with Crippen LogP contribution in [-0.2, 0) is 6.18 Å². The van der Waals surface area contributed by atoms with Gasteiger partial charge in [0.2, 0.25) is 0 Å². The summed E-state index contributed by atoms with van der Waals surface area (Å²) in [5, 5.41) is 3.20. The summed E-state index contributed by atoms with van der Waals surface area (Å²) in [7, 11) is 0. The molecule has 2 rings (SSSR count). The van der Waals surface area contributed by atoms with Crippen LogP contribution >= 0.6 is 0 Å². The van der Waals surface area contributed by atoms with Crippen LogP contribution in [0.3, 0.4) is 0 Å². The molecule has 1 N–H and O–H groups in total. The minimum Gasteiger partial charge on any atom is -0.369 e. The summed E-state index contributed by atoms with van der Waals surface area (Å²) >= 11 is 0. The molecule has 0 unspecified atom stereocenters. The van der Waals surface area contributed by atoms with Gasteiger partial charge in [-0.15, -0.1) is 0 Å². The van der Waals surface area contributed by atoms with E-state index in [0.717, 1.165) is 26.2 Å². The smallest absolute Gasteiger partial charge is 0.369 e. The van der Waals surface area contributed by atoms with Crippen molar-refractivity contribution in [2.75, 3.05) is 31.1 Å². The molecule has 0 aromatic heterocycles. The Morgan fingerprint density at radius 3 is 2.32 bits per heavy atom. The third kappa shape index (κ3) is 3.21. The second-order valence-electron chi connectivity index (χ2n) is 5.16. The van der Waals surface area contributed by atoms with Gasteiger partial charge in [-0.05, 0) is 23.6 Å². The number of hydrogen-bond donors (Lipinski definition) is 1. The molecule has 0 saturated carbocycles. The van der Waals surface area contributed by atoms with Crippen LogP contribution in [0.1, 0.15) is 30.9 Å². The Morgan fingerprint density at radius 1 is 1.16 bits per heavy atom. The molecular formula is C14H19F3N2. The zero-order chi connectivity index (χ0) is 14.0. The van der Waals surface area contributed by atoms with Gasteiger partial charge in [-0.2, -0.15) is 13.2 Å². The van der Waals surface area contributed by atoms with Gasteiger partial charge in [0.05, 0.1) is 5.56 Å². The summed E-state index contributed by atoms with van der Waals surface area (Å²) in [5.74, 6) is -0.131. The van der Waals surface area contributed by atoms with Crippen molar-refractivity contribution in [1.29, 1.82) is 0 Å². The normalized spacial score (nSPS) is 17.1. The fourth-order valence-corrected chi connectivity index (χ4v) is 2.41. The van der Waals surface area contributed by atoms with Gasteiger partial charge >= 0.3 is 6.18 Å². The zero-order valence-corrected chi connectivity index (χ0v) is 11.2. The van der Waals surface area contributed by atoms with Crippen LogP contribution < -0.4 is 10.2 Å². The molecule has 106 valence electrons. The van der Waals surface area contributed by atoms with Crippen molar-refractivity contribution in [2.24, 2.45) is 0 Å². The van der Waals surface area contributed by atoms with E-state index in [4.69, 9.17) is 0 Å². The van der Waals surface area contributed by atoms with Gasteiger partial charge in [0.1, 0.15) is 0 Å². The van der Waals surface area contributed by atoms with E-state index >= 15 is 0 Å². The standard InChI is InChI=1S/C14H19F3N2/c1-10(2)12-4-3-11(9-13(12)14(15,16)17)19-7-5-18-6-8-19/h3-4,9-10,18H,5-8H2,1-2H3. The van der Waals surface area contributed by atoms with Gasteiger partial charge < -0.3 is 10.2 Å². The lowest BCUT2D eigenvalue weighted by atomic mass is 9.96. The molecule has 1 saturated heterocycles. The van der Waals surface area contributed by atoms with E-state index in [9.17, 15) is 13.2 Å². The van der Waals surface area contributed by atoms with Crippen LogP contribution in [0, 0.1) is 0 Å². The predicted octanol–water partition coefficient (Wildman–Crippen LogP) is 3.24. The van der Waals surface area contributed by atoms with Gasteiger partial charge in [0.15, 0.2) is 0 Å². The predicted molar refractivity (Wildman–Crippen MR) is 70.6 cm³/mol. The van der Waals surface area contributed by atoms with Crippen molar-refractivity contribution in [1.82, 2.24) is 5.32 Å². The van der Waals surface area contributed by atoms with E-state index in [0.29, 0.717) is 11.3 Å². The maximum atomic E-state index is 13.1. The van der Waals surface area contributed by atoms with Crippen LogP contribution in [0.15, 0.2) is 18.2 Å². The molecule has 0 aliphatic carbocycles. The summed E-state index contributed by atoms with van der Waals surface area (Å²) in [6, 6.07) is 4.71. The van der Waals surface area contributed by atoms with Crippen molar-refractivity contribution in [3.8, 4) is 0 Å². The average molecular weight is 272 g/mol. The Hall–Kier alpha value is -1.23. The lowest BCUT2D eigenvalue weighted by Gasteiger charge is -2.30. The van der Waals surface area contributed by atoms with Gasteiger partial charge in [-0.1, -0.05) is 19.9 Å². The topological polar surface area (TPSA) is 15.3 Å². The summed E-state index contributed by atoms with van der Waals surface area (Å²) < 4.78 is 39.4. The lowest BCUT2D eigenvalue weighted by molar-refractivity contribution is -0.138. The highest BCUT2D eigenvalue weighted by Crippen LogP contribution is 2.37. The van der Waals surface area contributed by atoms with Crippen molar-refractivity contribution >= 4 is 5.69 Å². The van der Waals surface area contributed by atoms with Gasteiger partial charge in [-0.25, -0.2) is 0 Å². The number of nitrogens with one attached hydrogen (secondary N) is 1.